The van der Waals surface area contributed by atoms with E-state index in [-0.39, 0.29) is 5.91 Å². The van der Waals surface area contributed by atoms with Gasteiger partial charge >= 0.3 is 5.97 Å². The van der Waals surface area contributed by atoms with E-state index in [0.717, 1.165) is 6.42 Å². The van der Waals surface area contributed by atoms with E-state index in [2.05, 4.69) is 12.2 Å². The zero-order valence-corrected chi connectivity index (χ0v) is 10.3. The number of esters is 1. The molecule has 1 amide bonds. The minimum atomic E-state index is -0.779. The van der Waals surface area contributed by atoms with E-state index < -0.39 is 12.1 Å². The number of carbonyl (C=O) groups is 2. The lowest BCUT2D eigenvalue weighted by Crippen LogP contribution is -2.29. The number of hydrogen-bond acceptors (Lipinski definition) is 3. The summed E-state index contributed by atoms with van der Waals surface area (Å²) in [6.07, 6.45) is 0.177. The third-order valence-corrected chi connectivity index (χ3v) is 2.34. The number of nitrogens with one attached hydrogen (secondary N) is 1. The summed E-state index contributed by atoms with van der Waals surface area (Å²) in [5, 5.41) is 2.68. The molecule has 1 unspecified atom stereocenters. The fourth-order valence-corrected chi connectivity index (χ4v) is 1.37. The van der Waals surface area contributed by atoms with E-state index in [9.17, 15) is 9.59 Å². The molecule has 0 aromatic heterocycles. The molecule has 1 atom stereocenters. The molecule has 0 aliphatic heterocycles. The first-order valence-electron chi connectivity index (χ1n) is 5.60. The fourth-order valence-electron chi connectivity index (χ4n) is 1.37. The molecular weight excluding hydrogens is 218 g/mol. The maximum atomic E-state index is 11.6. The van der Waals surface area contributed by atoms with Crippen LogP contribution in [0.3, 0.4) is 0 Å². The number of ether oxygens (including phenoxy) is 1. The molecule has 0 heterocycles. The van der Waals surface area contributed by atoms with Gasteiger partial charge in [0.1, 0.15) is 0 Å². The van der Waals surface area contributed by atoms with Crippen molar-refractivity contribution in [1.82, 2.24) is 0 Å². The number of anilines is 1. The van der Waals surface area contributed by atoms with Crippen LogP contribution in [0, 0.1) is 0 Å². The lowest BCUT2D eigenvalue weighted by Gasteiger charge is -2.12. The van der Waals surface area contributed by atoms with Crippen LogP contribution in [-0.4, -0.2) is 18.0 Å². The Labute approximate surface area is 101 Å². The van der Waals surface area contributed by atoms with E-state index >= 15 is 0 Å². The van der Waals surface area contributed by atoms with Crippen LogP contribution in [-0.2, 0) is 20.7 Å². The maximum Gasteiger partial charge on any atom is 0.303 e. The zero-order chi connectivity index (χ0) is 12.8. The molecule has 0 spiro atoms. The van der Waals surface area contributed by atoms with Gasteiger partial charge in [-0.1, -0.05) is 19.1 Å². The first kappa shape index (κ1) is 13.2. The first-order valence-corrected chi connectivity index (χ1v) is 5.60. The van der Waals surface area contributed by atoms with Crippen LogP contribution in [0.5, 0.6) is 0 Å². The van der Waals surface area contributed by atoms with Gasteiger partial charge in [-0.3, -0.25) is 9.59 Å². The predicted molar refractivity (Wildman–Crippen MR) is 65.7 cm³/mol. The average Bonchev–Trinajstić information content (AvgIpc) is 2.29. The van der Waals surface area contributed by atoms with Gasteiger partial charge in [-0.2, -0.15) is 0 Å². The number of rotatable bonds is 4. The van der Waals surface area contributed by atoms with Crippen LogP contribution in [0.2, 0.25) is 0 Å². The Kier molecular flexibility index (Phi) is 4.69. The number of aryl methyl sites for hydroxylation is 1. The Morgan fingerprint density at radius 1 is 1.29 bits per heavy atom. The van der Waals surface area contributed by atoms with Gasteiger partial charge in [0.25, 0.3) is 5.91 Å². The third kappa shape index (κ3) is 4.26. The highest BCUT2D eigenvalue weighted by Crippen LogP contribution is 2.10. The van der Waals surface area contributed by atoms with Crippen molar-refractivity contribution in [2.45, 2.75) is 33.3 Å². The van der Waals surface area contributed by atoms with Crippen LogP contribution in [0.15, 0.2) is 24.3 Å². The monoisotopic (exact) mass is 235 g/mol. The van der Waals surface area contributed by atoms with Crippen LogP contribution in [0.4, 0.5) is 5.69 Å². The van der Waals surface area contributed by atoms with Crippen molar-refractivity contribution in [2.24, 2.45) is 0 Å². The van der Waals surface area contributed by atoms with Crippen molar-refractivity contribution in [3.05, 3.63) is 29.8 Å². The van der Waals surface area contributed by atoms with Crippen LogP contribution < -0.4 is 5.32 Å². The second-order valence-electron chi connectivity index (χ2n) is 3.79. The van der Waals surface area contributed by atoms with E-state index in [1.165, 1.54) is 19.4 Å². The molecule has 0 aliphatic rings. The molecule has 17 heavy (non-hydrogen) atoms. The lowest BCUT2D eigenvalue weighted by molar-refractivity contribution is -0.150. The minimum absolute atomic E-state index is 0.329. The second kappa shape index (κ2) is 6.03. The summed E-state index contributed by atoms with van der Waals surface area (Å²) in [5.41, 5.74) is 1.90. The van der Waals surface area contributed by atoms with Crippen molar-refractivity contribution in [2.75, 3.05) is 5.32 Å². The lowest BCUT2D eigenvalue weighted by atomic mass is 10.1. The smallest absolute Gasteiger partial charge is 0.303 e. The van der Waals surface area contributed by atoms with E-state index in [1.54, 1.807) is 0 Å². The third-order valence-electron chi connectivity index (χ3n) is 2.34. The fraction of sp³-hybridized carbons (Fsp3) is 0.385. The molecule has 0 aliphatic carbocycles. The Bertz CT molecular complexity index is 398. The molecule has 1 N–H and O–H groups in total. The van der Waals surface area contributed by atoms with Crippen molar-refractivity contribution < 1.29 is 14.3 Å². The molecule has 1 aromatic rings. The highest BCUT2D eigenvalue weighted by molar-refractivity contribution is 5.94. The van der Waals surface area contributed by atoms with Gasteiger partial charge in [-0.15, -0.1) is 0 Å². The van der Waals surface area contributed by atoms with E-state index in [1.807, 2.05) is 24.3 Å². The standard InChI is InChI=1S/C13H17NO3/c1-4-11-5-7-12(8-6-11)14-13(16)9(2)17-10(3)15/h5-9H,4H2,1-3H3,(H,14,16). The molecule has 0 saturated heterocycles. The van der Waals surface area contributed by atoms with Crippen molar-refractivity contribution in [3.63, 3.8) is 0 Å². The summed E-state index contributed by atoms with van der Waals surface area (Å²) in [4.78, 5) is 22.3. The van der Waals surface area contributed by atoms with Crippen LogP contribution in [0.1, 0.15) is 26.3 Å². The zero-order valence-electron chi connectivity index (χ0n) is 10.3. The Morgan fingerprint density at radius 2 is 1.88 bits per heavy atom. The van der Waals surface area contributed by atoms with Gasteiger partial charge in [0.15, 0.2) is 6.10 Å². The average molecular weight is 235 g/mol. The van der Waals surface area contributed by atoms with Crippen LogP contribution >= 0.6 is 0 Å². The predicted octanol–water partition coefficient (Wildman–Crippen LogP) is 2.14. The van der Waals surface area contributed by atoms with Crippen molar-refractivity contribution in [3.8, 4) is 0 Å². The summed E-state index contributed by atoms with van der Waals surface area (Å²) in [5.74, 6) is -0.793. The number of amides is 1. The minimum Gasteiger partial charge on any atom is -0.453 e. The van der Waals surface area contributed by atoms with Crippen molar-refractivity contribution >= 4 is 17.6 Å². The second-order valence-corrected chi connectivity index (χ2v) is 3.79. The molecule has 0 saturated carbocycles. The van der Waals surface area contributed by atoms with Crippen LogP contribution in [0.25, 0.3) is 0 Å². The number of benzene rings is 1. The molecule has 4 nitrogen and oxygen atoms in total. The molecule has 0 fully saturated rings. The Morgan fingerprint density at radius 3 is 2.35 bits per heavy atom. The Balaban J connectivity index is 2.58. The molecule has 1 rings (SSSR count). The summed E-state index contributed by atoms with van der Waals surface area (Å²) in [6.45, 7) is 4.88. The van der Waals surface area contributed by atoms with Crippen molar-refractivity contribution in [1.29, 1.82) is 0 Å². The summed E-state index contributed by atoms with van der Waals surface area (Å²) in [6, 6.07) is 7.56. The SMILES string of the molecule is CCc1ccc(NC(=O)C(C)OC(C)=O)cc1. The van der Waals surface area contributed by atoms with E-state index in [0.29, 0.717) is 5.69 Å². The highest BCUT2D eigenvalue weighted by Gasteiger charge is 2.15. The number of carbonyl (C=O) groups excluding carboxylic acids is 2. The molecule has 0 radical (unpaired) electrons. The highest BCUT2D eigenvalue weighted by atomic mass is 16.5. The summed E-state index contributed by atoms with van der Waals surface area (Å²) >= 11 is 0. The Hall–Kier alpha value is -1.84. The van der Waals surface area contributed by atoms with Gasteiger partial charge in [0, 0.05) is 12.6 Å². The topological polar surface area (TPSA) is 55.4 Å². The number of hydrogen-bond donors (Lipinski definition) is 1. The molecule has 0 bridgehead atoms. The van der Waals surface area contributed by atoms with Gasteiger partial charge in [-0.05, 0) is 31.0 Å². The van der Waals surface area contributed by atoms with Gasteiger partial charge < -0.3 is 10.1 Å². The molecule has 4 heteroatoms. The van der Waals surface area contributed by atoms with E-state index in [4.69, 9.17) is 4.74 Å². The van der Waals surface area contributed by atoms with Gasteiger partial charge in [-0.25, -0.2) is 0 Å². The molecule has 92 valence electrons. The maximum absolute atomic E-state index is 11.6. The molecule has 1 aromatic carbocycles. The van der Waals surface area contributed by atoms with Gasteiger partial charge in [0.2, 0.25) is 0 Å². The summed E-state index contributed by atoms with van der Waals surface area (Å²) in [7, 11) is 0. The van der Waals surface area contributed by atoms with Gasteiger partial charge in [0.05, 0.1) is 0 Å². The quantitative estimate of drug-likeness (QED) is 0.813. The molecular formula is C13H17NO3. The summed E-state index contributed by atoms with van der Waals surface area (Å²) < 4.78 is 4.78. The normalized spacial score (nSPS) is 11.7. The largest absolute Gasteiger partial charge is 0.453 e. The first-order chi connectivity index (χ1) is 8.02.